The molecule has 3 heterocycles. The average molecular weight is 284 g/mol. The Hall–Kier alpha value is -2.14. The number of hydrogen-bond donors (Lipinski definition) is 1. The number of aromatic nitrogens is 2. The lowest BCUT2D eigenvalue weighted by Crippen LogP contribution is -2.39. The summed E-state index contributed by atoms with van der Waals surface area (Å²) in [6.07, 6.45) is -0.0664. The van der Waals surface area contributed by atoms with Crippen molar-refractivity contribution in [2.24, 2.45) is 0 Å². The van der Waals surface area contributed by atoms with Gasteiger partial charge in [-0.05, 0) is 38.1 Å². The zero-order valence-corrected chi connectivity index (χ0v) is 12.4. The second kappa shape index (κ2) is 5.69. The van der Waals surface area contributed by atoms with Crippen LogP contribution in [0.2, 0.25) is 0 Å². The normalized spacial score (nSPS) is 18.8. The van der Waals surface area contributed by atoms with Crippen molar-refractivity contribution in [1.82, 2.24) is 9.97 Å². The van der Waals surface area contributed by atoms with Crippen LogP contribution < -0.4 is 10.6 Å². The van der Waals surface area contributed by atoms with Crippen molar-refractivity contribution in [3.63, 3.8) is 0 Å². The first-order chi connectivity index (χ1) is 10.1. The maximum Gasteiger partial charge on any atom is 0.128 e. The van der Waals surface area contributed by atoms with Gasteiger partial charge in [-0.15, -0.1) is 0 Å². The standard InChI is InChI=1S/C16H20N4O/c1-11-4-3-5-16(19-11)20-6-7-21-15(10-20)14-9-13(17)8-12(2)18-14/h3-5,8-9,15H,6-7,10H2,1-2H3,(H2,17,18)/t15-/m0/s1. The third kappa shape index (κ3) is 3.13. The number of pyridine rings is 2. The van der Waals surface area contributed by atoms with Crippen LogP contribution in [-0.4, -0.2) is 29.7 Å². The van der Waals surface area contributed by atoms with Crippen LogP contribution in [0.4, 0.5) is 11.5 Å². The molecule has 0 saturated carbocycles. The predicted octanol–water partition coefficient (Wildman–Crippen LogP) is 2.25. The summed E-state index contributed by atoms with van der Waals surface area (Å²) in [7, 11) is 0. The SMILES string of the molecule is Cc1cc(N)cc([C@@H]2CN(c3cccc(C)n3)CCO2)n1. The minimum Gasteiger partial charge on any atom is -0.399 e. The van der Waals surface area contributed by atoms with E-state index in [1.807, 2.05) is 44.2 Å². The van der Waals surface area contributed by atoms with Gasteiger partial charge in [0.1, 0.15) is 11.9 Å². The summed E-state index contributed by atoms with van der Waals surface area (Å²) < 4.78 is 5.87. The number of nitrogens with zero attached hydrogens (tertiary/aromatic N) is 3. The number of morpholine rings is 1. The predicted molar refractivity (Wildman–Crippen MR) is 83.3 cm³/mol. The molecule has 0 aliphatic carbocycles. The van der Waals surface area contributed by atoms with Gasteiger partial charge in [-0.25, -0.2) is 4.98 Å². The van der Waals surface area contributed by atoms with Crippen molar-refractivity contribution in [2.45, 2.75) is 20.0 Å². The van der Waals surface area contributed by atoms with Crippen LogP contribution >= 0.6 is 0 Å². The summed E-state index contributed by atoms with van der Waals surface area (Å²) in [5.74, 6) is 0.990. The third-order valence-electron chi connectivity index (χ3n) is 3.59. The molecule has 0 amide bonds. The summed E-state index contributed by atoms with van der Waals surface area (Å²) in [5.41, 5.74) is 9.47. The summed E-state index contributed by atoms with van der Waals surface area (Å²) in [5, 5.41) is 0. The molecule has 0 radical (unpaired) electrons. The van der Waals surface area contributed by atoms with E-state index in [2.05, 4.69) is 14.9 Å². The molecule has 0 unspecified atom stereocenters. The van der Waals surface area contributed by atoms with E-state index in [4.69, 9.17) is 10.5 Å². The number of nitrogen functional groups attached to an aromatic ring is 1. The van der Waals surface area contributed by atoms with Gasteiger partial charge in [0.25, 0.3) is 0 Å². The molecule has 21 heavy (non-hydrogen) atoms. The summed E-state index contributed by atoms with van der Waals surface area (Å²) in [4.78, 5) is 11.4. The molecule has 1 aliphatic heterocycles. The minimum absolute atomic E-state index is 0.0664. The minimum atomic E-state index is -0.0664. The van der Waals surface area contributed by atoms with E-state index in [9.17, 15) is 0 Å². The fraction of sp³-hybridized carbons (Fsp3) is 0.375. The molecule has 0 spiro atoms. The maximum atomic E-state index is 5.91. The highest BCUT2D eigenvalue weighted by Gasteiger charge is 2.24. The Bertz CT molecular complexity index is 624. The summed E-state index contributed by atoms with van der Waals surface area (Å²) in [6, 6.07) is 9.83. The van der Waals surface area contributed by atoms with Crippen LogP contribution in [0.1, 0.15) is 23.2 Å². The molecule has 3 rings (SSSR count). The quantitative estimate of drug-likeness (QED) is 0.916. The van der Waals surface area contributed by atoms with Gasteiger partial charge < -0.3 is 15.4 Å². The molecule has 0 aromatic carbocycles. The first-order valence-electron chi connectivity index (χ1n) is 7.16. The smallest absolute Gasteiger partial charge is 0.128 e. The molecule has 2 aromatic heterocycles. The average Bonchev–Trinajstić information content (AvgIpc) is 2.46. The second-order valence-electron chi connectivity index (χ2n) is 5.41. The lowest BCUT2D eigenvalue weighted by atomic mass is 10.1. The van der Waals surface area contributed by atoms with Crippen molar-refractivity contribution < 1.29 is 4.74 Å². The molecule has 1 aliphatic rings. The van der Waals surface area contributed by atoms with E-state index >= 15 is 0 Å². The van der Waals surface area contributed by atoms with E-state index in [-0.39, 0.29) is 6.10 Å². The Balaban J connectivity index is 1.82. The zero-order chi connectivity index (χ0) is 14.8. The van der Waals surface area contributed by atoms with Crippen LogP contribution in [-0.2, 0) is 4.74 Å². The molecule has 0 bridgehead atoms. The molecule has 1 fully saturated rings. The number of rotatable bonds is 2. The molecule has 2 N–H and O–H groups in total. The van der Waals surface area contributed by atoms with Crippen molar-refractivity contribution in [1.29, 1.82) is 0 Å². The summed E-state index contributed by atoms with van der Waals surface area (Å²) in [6.45, 7) is 6.20. The van der Waals surface area contributed by atoms with Crippen LogP contribution in [0, 0.1) is 13.8 Å². The molecule has 5 nitrogen and oxygen atoms in total. The molecule has 5 heteroatoms. The zero-order valence-electron chi connectivity index (χ0n) is 12.4. The van der Waals surface area contributed by atoms with Gasteiger partial charge >= 0.3 is 0 Å². The monoisotopic (exact) mass is 284 g/mol. The third-order valence-corrected chi connectivity index (χ3v) is 3.59. The highest BCUT2D eigenvalue weighted by atomic mass is 16.5. The Morgan fingerprint density at radius 1 is 1.19 bits per heavy atom. The molecule has 110 valence electrons. The topological polar surface area (TPSA) is 64.3 Å². The highest BCUT2D eigenvalue weighted by molar-refractivity contribution is 5.43. The number of nitrogens with two attached hydrogens (primary N) is 1. The molecular formula is C16H20N4O. The number of hydrogen-bond acceptors (Lipinski definition) is 5. The van der Waals surface area contributed by atoms with Crippen LogP contribution in [0.5, 0.6) is 0 Å². The molecular weight excluding hydrogens is 264 g/mol. The molecule has 2 aromatic rings. The first-order valence-corrected chi connectivity index (χ1v) is 7.16. The van der Waals surface area contributed by atoms with Gasteiger partial charge in [0.15, 0.2) is 0 Å². The van der Waals surface area contributed by atoms with Crippen molar-refractivity contribution in [3.8, 4) is 0 Å². The van der Waals surface area contributed by atoms with E-state index in [0.717, 1.165) is 41.7 Å². The second-order valence-corrected chi connectivity index (χ2v) is 5.41. The maximum absolute atomic E-state index is 5.91. The fourth-order valence-corrected chi connectivity index (χ4v) is 2.63. The van der Waals surface area contributed by atoms with Crippen molar-refractivity contribution >= 4 is 11.5 Å². The highest BCUT2D eigenvalue weighted by Crippen LogP contribution is 2.25. The number of anilines is 2. The van der Waals surface area contributed by atoms with Crippen molar-refractivity contribution in [3.05, 3.63) is 47.4 Å². The Morgan fingerprint density at radius 3 is 2.81 bits per heavy atom. The van der Waals surface area contributed by atoms with Crippen molar-refractivity contribution in [2.75, 3.05) is 30.3 Å². The lowest BCUT2D eigenvalue weighted by Gasteiger charge is -2.33. The van der Waals surface area contributed by atoms with Gasteiger partial charge in [0.05, 0.1) is 18.8 Å². The van der Waals surface area contributed by atoms with Crippen LogP contribution in [0.3, 0.4) is 0 Å². The van der Waals surface area contributed by atoms with Gasteiger partial charge in [-0.1, -0.05) is 6.07 Å². The molecule has 1 saturated heterocycles. The summed E-state index contributed by atoms with van der Waals surface area (Å²) >= 11 is 0. The van der Waals surface area contributed by atoms with Gasteiger partial charge in [0.2, 0.25) is 0 Å². The number of ether oxygens (including phenoxy) is 1. The van der Waals surface area contributed by atoms with E-state index in [1.165, 1.54) is 0 Å². The fourth-order valence-electron chi connectivity index (χ4n) is 2.63. The molecule has 1 atom stereocenters. The van der Waals surface area contributed by atoms with E-state index in [0.29, 0.717) is 6.61 Å². The lowest BCUT2D eigenvalue weighted by molar-refractivity contribution is 0.0367. The Labute approximate surface area is 124 Å². The van der Waals surface area contributed by atoms with Gasteiger partial charge in [0, 0.05) is 23.6 Å². The number of aryl methyl sites for hydroxylation is 2. The Kier molecular flexibility index (Phi) is 3.75. The van der Waals surface area contributed by atoms with E-state index in [1.54, 1.807) is 0 Å². The van der Waals surface area contributed by atoms with Gasteiger partial charge in [-0.3, -0.25) is 4.98 Å². The van der Waals surface area contributed by atoms with Crippen LogP contribution in [0.25, 0.3) is 0 Å². The Morgan fingerprint density at radius 2 is 2.05 bits per heavy atom. The largest absolute Gasteiger partial charge is 0.399 e. The van der Waals surface area contributed by atoms with E-state index < -0.39 is 0 Å². The van der Waals surface area contributed by atoms with Gasteiger partial charge in [-0.2, -0.15) is 0 Å². The van der Waals surface area contributed by atoms with Crippen LogP contribution in [0.15, 0.2) is 30.3 Å². The first kappa shape index (κ1) is 13.8.